The number of nitrogens with zero attached hydrogens (tertiary/aromatic N) is 1. The third-order valence-electron chi connectivity index (χ3n) is 4.52. The molecule has 0 aliphatic carbocycles. The maximum atomic E-state index is 13.2. The van der Waals surface area contributed by atoms with Crippen LogP contribution in [0.1, 0.15) is 5.56 Å². The molecule has 0 saturated carbocycles. The summed E-state index contributed by atoms with van der Waals surface area (Å²) in [6.07, 6.45) is -4.48. The first-order valence-electron chi connectivity index (χ1n) is 8.86. The summed E-state index contributed by atoms with van der Waals surface area (Å²) < 4.78 is 45.5. The average molecular weight is 411 g/mol. The minimum absolute atomic E-state index is 0.0945. The summed E-state index contributed by atoms with van der Waals surface area (Å²) in [7, 11) is 0. The number of aromatic nitrogens is 1. The molecule has 0 spiro atoms. The van der Waals surface area contributed by atoms with Crippen LogP contribution in [0.4, 0.5) is 18.9 Å². The molecule has 0 saturated heterocycles. The van der Waals surface area contributed by atoms with E-state index in [1.807, 2.05) is 24.3 Å². The molecule has 4 aromatic rings. The monoisotopic (exact) mass is 411 g/mol. The van der Waals surface area contributed by atoms with Crippen molar-refractivity contribution >= 4 is 16.6 Å². The highest BCUT2D eigenvalue weighted by molar-refractivity contribution is 5.83. The Morgan fingerprint density at radius 1 is 0.900 bits per heavy atom. The number of nitrogens with one attached hydrogen (secondary N) is 1. The lowest BCUT2D eigenvalue weighted by atomic mass is 10.0. The number of aromatic amines is 1. The molecular formula is C22H14F3N2O3+. The predicted molar refractivity (Wildman–Crippen MR) is 104 cm³/mol. The summed E-state index contributed by atoms with van der Waals surface area (Å²) in [5.41, 5.74) is 0.615. The highest BCUT2D eigenvalue weighted by Gasteiger charge is 2.31. The summed E-state index contributed by atoms with van der Waals surface area (Å²) in [6.45, 7) is 0. The number of rotatable bonds is 4. The Kier molecular flexibility index (Phi) is 4.83. The van der Waals surface area contributed by atoms with Gasteiger partial charge in [-0.2, -0.15) is 18.2 Å². The number of halogens is 3. The Bertz CT molecular complexity index is 1240. The normalized spacial score (nSPS) is 11.4. The van der Waals surface area contributed by atoms with E-state index in [2.05, 4.69) is 4.98 Å². The highest BCUT2D eigenvalue weighted by atomic mass is 19.4. The van der Waals surface area contributed by atoms with Gasteiger partial charge in [-0.1, -0.05) is 24.3 Å². The zero-order chi connectivity index (χ0) is 21.3. The molecule has 0 amide bonds. The molecule has 30 heavy (non-hydrogen) atoms. The van der Waals surface area contributed by atoms with E-state index in [1.165, 1.54) is 30.3 Å². The van der Waals surface area contributed by atoms with Crippen LogP contribution in [-0.2, 0) is 6.18 Å². The number of fused-ring (bicyclic) bond motifs is 1. The van der Waals surface area contributed by atoms with Crippen LogP contribution >= 0.6 is 0 Å². The number of nitro groups is 1. The fraction of sp³-hybridized carbons (Fsp3) is 0.0455. The quantitative estimate of drug-likeness (QED) is 0.304. The Balaban J connectivity index is 1.83. The summed E-state index contributed by atoms with van der Waals surface area (Å²) in [5.74, 6) is 0.530. The molecule has 3 aromatic carbocycles. The smallest absolute Gasteiger partial charge is 0.405 e. The van der Waals surface area contributed by atoms with Crippen LogP contribution in [0.5, 0.6) is 11.6 Å². The number of H-pyrrole nitrogens is 1. The van der Waals surface area contributed by atoms with Gasteiger partial charge in [-0.05, 0) is 42.0 Å². The van der Waals surface area contributed by atoms with Crippen LogP contribution in [0.2, 0.25) is 0 Å². The van der Waals surface area contributed by atoms with Crippen LogP contribution in [0, 0.1) is 10.1 Å². The van der Waals surface area contributed by atoms with Gasteiger partial charge in [-0.3, -0.25) is 10.1 Å². The first-order chi connectivity index (χ1) is 14.3. The molecule has 0 fully saturated rings. The van der Waals surface area contributed by atoms with E-state index in [-0.39, 0.29) is 11.6 Å². The molecule has 0 atom stereocenters. The first kappa shape index (κ1) is 19.4. The van der Waals surface area contributed by atoms with E-state index < -0.39 is 16.7 Å². The molecule has 1 N–H and O–H groups in total. The molecule has 8 heteroatoms. The second kappa shape index (κ2) is 7.47. The van der Waals surface area contributed by atoms with Gasteiger partial charge in [0.25, 0.3) is 5.69 Å². The number of non-ortho nitro benzene ring substituents is 1. The first-order valence-corrected chi connectivity index (χ1v) is 8.86. The van der Waals surface area contributed by atoms with Gasteiger partial charge in [0.1, 0.15) is 5.75 Å². The molecule has 1 aromatic heterocycles. The largest absolute Gasteiger partial charge is 0.416 e. The van der Waals surface area contributed by atoms with Gasteiger partial charge in [0.2, 0.25) is 5.52 Å². The minimum atomic E-state index is -4.48. The van der Waals surface area contributed by atoms with Crippen molar-refractivity contribution in [2.24, 2.45) is 0 Å². The van der Waals surface area contributed by atoms with E-state index in [4.69, 9.17) is 4.74 Å². The number of nitro benzene ring substituents is 1. The van der Waals surface area contributed by atoms with Crippen molar-refractivity contribution in [3.05, 3.63) is 94.5 Å². The van der Waals surface area contributed by atoms with E-state index in [0.717, 1.165) is 23.0 Å². The van der Waals surface area contributed by atoms with Gasteiger partial charge in [0.15, 0.2) is 0 Å². The van der Waals surface area contributed by atoms with Crippen LogP contribution in [-0.4, -0.2) is 4.92 Å². The number of para-hydroxylation sites is 1. The van der Waals surface area contributed by atoms with Crippen LogP contribution in [0.25, 0.3) is 22.0 Å². The molecule has 4 rings (SSSR count). The molecule has 5 nitrogen and oxygen atoms in total. The average Bonchev–Trinajstić information content (AvgIpc) is 2.73. The Morgan fingerprint density at radius 2 is 1.63 bits per heavy atom. The second-order valence-corrected chi connectivity index (χ2v) is 6.53. The van der Waals surface area contributed by atoms with Crippen LogP contribution in [0.15, 0.2) is 78.9 Å². The number of alkyl halides is 3. The lowest BCUT2D eigenvalue weighted by molar-refractivity contribution is -0.384. The zero-order valence-electron chi connectivity index (χ0n) is 15.3. The standard InChI is InChI=1S/C22H13F3N2O3/c23-22(24,25)16-6-3-5-14(12-16)19-13-15-4-1-2-7-20(15)26-21(19)30-18-10-8-17(9-11-18)27(28)29/h1-13H/p+1. The summed E-state index contributed by atoms with van der Waals surface area (Å²) in [6, 6.07) is 19.4. The third-order valence-corrected chi connectivity index (χ3v) is 4.52. The van der Waals surface area contributed by atoms with E-state index in [0.29, 0.717) is 16.9 Å². The van der Waals surface area contributed by atoms with Crippen LogP contribution in [0.3, 0.4) is 0 Å². The topological polar surface area (TPSA) is 66.5 Å². The lowest BCUT2D eigenvalue weighted by Crippen LogP contribution is -2.10. The summed E-state index contributed by atoms with van der Waals surface area (Å²) in [5, 5.41) is 11.6. The summed E-state index contributed by atoms with van der Waals surface area (Å²) in [4.78, 5) is 13.4. The zero-order valence-corrected chi connectivity index (χ0v) is 15.3. The molecular weight excluding hydrogens is 397 g/mol. The van der Waals surface area contributed by atoms with Crippen molar-refractivity contribution in [1.29, 1.82) is 0 Å². The molecule has 0 aliphatic heterocycles. The van der Waals surface area contributed by atoms with Crippen molar-refractivity contribution < 1.29 is 27.8 Å². The Labute approximate surface area is 168 Å². The number of ether oxygens (including phenoxy) is 1. The Hall–Kier alpha value is -3.94. The Morgan fingerprint density at radius 3 is 2.33 bits per heavy atom. The lowest BCUT2D eigenvalue weighted by Gasteiger charge is -2.10. The van der Waals surface area contributed by atoms with Gasteiger partial charge in [0, 0.05) is 23.6 Å². The molecule has 0 radical (unpaired) electrons. The number of benzene rings is 3. The molecule has 1 heterocycles. The van der Waals surface area contributed by atoms with E-state index in [9.17, 15) is 23.3 Å². The van der Waals surface area contributed by atoms with Gasteiger partial charge >= 0.3 is 12.1 Å². The van der Waals surface area contributed by atoms with Gasteiger partial charge < -0.3 is 4.74 Å². The fourth-order valence-electron chi connectivity index (χ4n) is 3.06. The number of hydrogen-bond acceptors (Lipinski definition) is 3. The predicted octanol–water partition coefficient (Wildman–Crippen LogP) is 6.04. The summed E-state index contributed by atoms with van der Waals surface area (Å²) >= 11 is 0. The highest BCUT2D eigenvalue weighted by Crippen LogP contribution is 2.36. The van der Waals surface area contributed by atoms with Crippen molar-refractivity contribution in [1.82, 2.24) is 0 Å². The molecule has 150 valence electrons. The number of pyridine rings is 1. The SMILES string of the molecule is O=[N+]([O-])c1ccc(Oc2[nH+]c3ccccc3cc2-c2cccc(C(F)(F)F)c2)cc1. The van der Waals surface area contributed by atoms with Crippen LogP contribution < -0.4 is 9.72 Å². The molecule has 0 bridgehead atoms. The second-order valence-electron chi connectivity index (χ2n) is 6.53. The minimum Gasteiger partial charge on any atom is -0.405 e. The van der Waals surface area contributed by atoms with Gasteiger partial charge in [0.05, 0.1) is 16.1 Å². The fourth-order valence-corrected chi connectivity index (χ4v) is 3.06. The third kappa shape index (κ3) is 3.93. The van der Waals surface area contributed by atoms with E-state index >= 15 is 0 Å². The van der Waals surface area contributed by atoms with Gasteiger partial charge in [-0.15, -0.1) is 0 Å². The van der Waals surface area contributed by atoms with Gasteiger partial charge in [-0.25, -0.2) is 0 Å². The maximum absolute atomic E-state index is 13.2. The van der Waals surface area contributed by atoms with Crippen molar-refractivity contribution in [3.63, 3.8) is 0 Å². The van der Waals surface area contributed by atoms with E-state index in [1.54, 1.807) is 12.1 Å². The maximum Gasteiger partial charge on any atom is 0.416 e. The van der Waals surface area contributed by atoms with Crippen molar-refractivity contribution in [3.8, 4) is 22.8 Å². The molecule has 0 unspecified atom stereocenters. The molecule has 0 aliphatic rings. The van der Waals surface area contributed by atoms with Crippen molar-refractivity contribution in [2.75, 3.05) is 0 Å². The van der Waals surface area contributed by atoms with Crippen molar-refractivity contribution in [2.45, 2.75) is 6.18 Å². The number of hydrogen-bond donors (Lipinski definition) is 0.